The Morgan fingerprint density at radius 1 is 1.00 bits per heavy atom. The van der Waals surface area contributed by atoms with Gasteiger partial charge in [0.2, 0.25) is 0 Å². The summed E-state index contributed by atoms with van der Waals surface area (Å²) in [6, 6.07) is 14.2. The number of pyridine rings is 1. The fourth-order valence-corrected chi connectivity index (χ4v) is 2.46. The summed E-state index contributed by atoms with van der Waals surface area (Å²) in [4.78, 5) is 4.37. The van der Waals surface area contributed by atoms with Crippen LogP contribution in [-0.4, -0.2) is 11.1 Å². The molecule has 3 rings (SSSR count). The van der Waals surface area contributed by atoms with Gasteiger partial charge >= 0.3 is 0 Å². The molecular weight excluding hydrogens is 222 g/mol. The normalized spacial score (nSPS) is 15.8. The van der Waals surface area contributed by atoms with E-state index in [9.17, 15) is 0 Å². The summed E-state index contributed by atoms with van der Waals surface area (Å²) in [5.41, 5.74) is 2.11. The van der Waals surface area contributed by atoms with Gasteiger partial charge in [-0.25, -0.2) is 0 Å². The van der Waals surface area contributed by atoms with Crippen molar-refractivity contribution in [3.05, 3.63) is 48.7 Å². The fourth-order valence-electron chi connectivity index (χ4n) is 2.46. The lowest BCUT2D eigenvalue weighted by molar-refractivity contribution is 0.210. The quantitative estimate of drug-likeness (QED) is 0.805. The van der Waals surface area contributed by atoms with E-state index >= 15 is 0 Å². The van der Waals surface area contributed by atoms with Gasteiger partial charge in [0.1, 0.15) is 5.75 Å². The summed E-state index contributed by atoms with van der Waals surface area (Å²) in [5.74, 6) is 0.963. The number of hydrogen-bond acceptors (Lipinski definition) is 2. The summed E-state index contributed by atoms with van der Waals surface area (Å²) in [6.45, 7) is 0. The van der Waals surface area contributed by atoms with E-state index in [1.54, 1.807) is 0 Å². The van der Waals surface area contributed by atoms with Gasteiger partial charge < -0.3 is 4.74 Å². The highest BCUT2D eigenvalue weighted by Gasteiger charge is 2.16. The van der Waals surface area contributed by atoms with Crippen molar-refractivity contribution < 1.29 is 4.74 Å². The molecule has 2 heteroatoms. The first-order valence-electron chi connectivity index (χ1n) is 6.60. The molecule has 1 heterocycles. The predicted molar refractivity (Wildman–Crippen MR) is 72.6 cm³/mol. The topological polar surface area (TPSA) is 22.1 Å². The third kappa shape index (κ3) is 2.53. The van der Waals surface area contributed by atoms with Gasteiger partial charge in [0, 0.05) is 11.8 Å². The van der Waals surface area contributed by atoms with E-state index in [1.807, 2.05) is 36.5 Å². The summed E-state index contributed by atoms with van der Waals surface area (Å²) >= 11 is 0. The first kappa shape index (κ1) is 11.3. The van der Waals surface area contributed by atoms with Crippen LogP contribution in [0.3, 0.4) is 0 Å². The van der Waals surface area contributed by atoms with Crippen LogP contribution in [0.1, 0.15) is 25.7 Å². The van der Waals surface area contributed by atoms with Gasteiger partial charge in [0.25, 0.3) is 0 Å². The van der Waals surface area contributed by atoms with Crippen LogP contribution in [0.2, 0.25) is 0 Å². The Hall–Kier alpha value is -1.83. The zero-order valence-corrected chi connectivity index (χ0v) is 10.4. The number of hydrogen-bond donors (Lipinski definition) is 0. The molecule has 0 amide bonds. The highest BCUT2D eigenvalue weighted by atomic mass is 16.5. The Labute approximate surface area is 108 Å². The Bertz CT molecular complexity index is 504. The standard InChI is InChI=1S/C16H17NO/c1-2-8-14(7-1)18-15-9-5-6-13(12-15)16-10-3-4-11-17-16/h3-6,9-12,14H,1-2,7-8H2. The predicted octanol–water partition coefficient (Wildman–Crippen LogP) is 4.07. The van der Waals surface area contributed by atoms with Crippen LogP contribution in [0.25, 0.3) is 11.3 Å². The zero-order chi connectivity index (χ0) is 12.2. The van der Waals surface area contributed by atoms with E-state index in [4.69, 9.17) is 4.74 Å². The molecule has 0 atom stereocenters. The molecule has 0 N–H and O–H groups in total. The van der Waals surface area contributed by atoms with E-state index in [2.05, 4.69) is 17.1 Å². The lowest BCUT2D eigenvalue weighted by Gasteiger charge is -2.13. The Balaban J connectivity index is 1.80. The van der Waals surface area contributed by atoms with Gasteiger partial charge in [0.15, 0.2) is 0 Å². The van der Waals surface area contributed by atoms with E-state index in [-0.39, 0.29) is 0 Å². The van der Waals surface area contributed by atoms with Crippen LogP contribution in [0, 0.1) is 0 Å². The fraction of sp³-hybridized carbons (Fsp3) is 0.312. The summed E-state index contributed by atoms with van der Waals surface area (Å²) < 4.78 is 6.01. The van der Waals surface area contributed by atoms with Gasteiger partial charge in [-0.05, 0) is 49.9 Å². The molecule has 0 spiro atoms. The van der Waals surface area contributed by atoms with E-state index in [1.165, 1.54) is 25.7 Å². The molecule has 0 unspecified atom stereocenters. The smallest absolute Gasteiger partial charge is 0.120 e. The van der Waals surface area contributed by atoms with E-state index in [0.29, 0.717) is 6.10 Å². The molecule has 1 saturated carbocycles. The summed E-state index contributed by atoms with van der Waals surface area (Å²) in [7, 11) is 0. The number of benzene rings is 1. The molecule has 1 fully saturated rings. The van der Waals surface area contributed by atoms with Gasteiger partial charge in [0.05, 0.1) is 11.8 Å². The second-order valence-electron chi connectivity index (χ2n) is 4.77. The number of rotatable bonds is 3. The average molecular weight is 239 g/mol. The highest BCUT2D eigenvalue weighted by molar-refractivity contribution is 5.60. The molecule has 92 valence electrons. The molecule has 0 saturated heterocycles. The van der Waals surface area contributed by atoms with Crippen molar-refractivity contribution in [1.29, 1.82) is 0 Å². The summed E-state index contributed by atoms with van der Waals surface area (Å²) in [6.07, 6.45) is 7.19. The van der Waals surface area contributed by atoms with Gasteiger partial charge in [-0.1, -0.05) is 18.2 Å². The second-order valence-corrected chi connectivity index (χ2v) is 4.77. The highest BCUT2D eigenvalue weighted by Crippen LogP contribution is 2.27. The van der Waals surface area contributed by atoms with Crippen LogP contribution in [0.4, 0.5) is 0 Å². The molecule has 1 aliphatic rings. The van der Waals surface area contributed by atoms with Gasteiger partial charge in [-0.2, -0.15) is 0 Å². The average Bonchev–Trinajstić information content (AvgIpc) is 2.93. The van der Waals surface area contributed by atoms with E-state index < -0.39 is 0 Å². The van der Waals surface area contributed by atoms with Crippen LogP contribution < -0.4 is 4.74 Å². The third-order valence-electron chi connectivity index (χ3n) is 3.40. The molecule has 0 bridgehead atoms. The molecule has 1 aromatic heterocycles. The van der Waals surface area contributed by atoms with Crippen molar-refractivity contribution in [3.8, 4) is 17.0 Å². The Morgan fingerprint density at radius 2 is 1.89 bits per heavy atom. The van der Waals surface area contributed by atoms with Crippen molar-refractivity contribution in [2.45, 2.75) is 31.8 Å². The van der Waals surface area contributed by atoms with Gasteiger partial charge in [-0.15, -0.1) is 0 Å². The molecule has 0 radical (unpaired) electrons. The minimum atomic E-state index is 0.406. The van der Waals surface area contributed by atoms with Crippen LogP contribution in [-0.2, 0) is 0 Å². The van der Waals surface area contributed by atoms with Crippen LogP contribution in [0.15, 0.2) is 48.7 Å². The first-order valence-corrected chi connectivity index (χ1v) is 6.60. The van der Waals surface area contributed by atoms with Gasteiger partial charge in [-0.3, -0.25) is 4.98 Å². The maximum Gasteiger partial charge on any atom is 0.120 e. The minimum absolute atomic E-state index is 0.406. The molecule has 0 aliphatic heterocycles. The summed E-state index contributed by atoms with van der Waals surface area (Å²) in [5, 5.41) is 0. The van der Waals surface area contributed by atoms with Crippen LogP contribution >= 0.6 is 0 Å². The number of ether oxygens (including phenoxy) is 1. The molecular formula is C16H17NO. The number of aromatic nitrogens is 1. The van der Waals surface area contributed by atoms with Crippen LogP contribution in [0.5, 0.6) is 5.75 Å². The molecule has 1 aliphatic carbocycles. The molecule has 1 aromatic carbocycles. The third-order valence-corrected chi connectivity index (χ3v) is 3.40. The zero-order valence-electron chi connectivity index (χ0n) is 10.4. The van der Waals surface area contributed by atoms with E-state index in [0.717, 1.165) is 17.0 Å². The lowest BCUT2D eigenvalue weighted by Crippen LogP contribution is -2.10. The molecule has 18 heavy (non-hydrogen) atoms. The lowest BCUT2D eigenvalue weighted by atomic mass is 10.1. The first-order chi connectivity index (χ1) is 8.92. The Morgan fingerprint density at radius 3 is 2.67 bits per heavy atom. The van der Waals surface area contributed by atoms with Crippen molar-refractivity contribution in [2.24, 2.45) is 0 Å². The SMILES string of the molecule is c1ccc(-c2cccc(OC3CCCC3)c2)nc1. The maximum absolute atomic E-state index is 6.01. The molecule has 2 aromatic rings. The van der Waals surface area contributed by atoms with Crippen molar-refractivity contribution in [1.82, 2.24) is 4.98 Å². The maximum atomic E-state index is 6.01. The van der Waals surface area contributed by atoms with Crippen molar-refractivity contribution in [3.63, 3.8) is 0 Å². The Kier molecular flexibility index (Phi) is 3.26. The second kappa shape index (κ2) is 5.21. The number of nitrogens with zero attached hydrogens (tertiary/aromatic N) is 1. The minimum Gasteiger partial charge on any atom is -0.490 e. The van der Waals surface area contributed by atoms with Crippen molar-refractivity contribution >= 4 is 0 Å². The van der Waals surface area contributed by atoms with Crippen molar-refractivity contribution in [2.75, 3.05) is 0 Å². The largest absolute Gasteiger partial charge is 0.490 e. The molecule has 2 nitrogen and oxygen atoms in total. The monoisotopic (exact) mass is 239 g/mol.